The van der Waals surface area contributed by atoms with Crippen LogP contribution in [0.2, 0.25) is 0 Å². The number of rotatable bonds is 1. The molecule has 1 heterocycles. The van der Waals surface area contributed by atoms with Gasteiger partial charge < -0.3 is 0 Å². The van der Waals surface area contributed by atoms with Crippen molar-refractivity contribution in [1.82, 2.24) is 4.98 Å². The first-order chi connectivity index (χ1) is 6.97. The number of nitrogens with zero attached hydrogens (tertiary/aromatic N) is 1. The summed E-state index contributed by atoms with van der Waals surface area (Å²) >= 11 is 1.37. The zero-order valence-corrected chi connectivity index (χ0v) is 9.39. The average molecular weight is 241 g/mol. The molecule has 0 bridgehead atoms. The van der Waals surface area contributed by atoms with Crippen molar-refractivity contribution in [2.45, 2.75) is 6.92 Å². The van der Waals surface area contributed by atoms with Crippen molar-refractivity contribution in [2.24, 2.45) is 0 Å². The number of hydrogen-bond donors (Lipinski definition) is 1. The van der Waals surface area contributed by atoms with E-state index >= 15 is 0 Å². The van der Waals surface area contributed by atoms with Crippen molar-refractivity contribution in [2.75, 3.05) is 0 Å². The third kappa shape index (κ3) is 2.08. The molecule has 1 aromatic heterocycles. The van der Waals surface area contributed by atoms with E-state index in [1.54, 1.807) is 6.08 Å². The fourth-order valence-electron chi connectivity index (χ4n) is 1.19. The summed E-state index contributed by atoms with van der Waals surface area (Å²) in [6.45, 7) is 1.83. The van der Waals surface area contributed by atoms with Gasteiger partial charge in [0.15, 0.2) is 0 Å². The highest BCUT2D eigenvalue weighted by molar-refractivity contribution is 7.90. The Balaban J connectivity index is 2.78. The van der Waals surface area contributed by atoms with Crippen LogP contribution in [0.4, 0.5) is 0 Å². The minimum absolute atomic E-state index is 0.235. The maximum Gasteiger partial charge on any atom is 0.302 e. The Kier molecular flexibility index (Phi) is 2.36. The molecule has 0 spiro atoms. The molecule has 78 valence electrons. The molecule has 6 heteroatoms. The predicted octanol–water partition coefficient (Wildman–Crippen LogP) is -0.0471. The van der Waals surface area contributed by atoms with Gasteiger partial charge in [-0.25, -0.2) is 4.98 Å². The largest absolute Gasteiger partial charge is 0.302 e. The molecule has 0 fully saturated rings. The summed E-state index contributed by atoms with van der Waals surface area (Å²) in [6.07, 6.45) is 4.47. The first-order valence-corrected chi connectivity index (χ1v) is 6.32. The van der Waals surface area contributed by atoms with Gasteiger partial charge in [-0.15, -0.1) is 11.3 Å². The Hall–Kier alpha value is -1.20. The molecule has 0 aliphatic heterocycles. The van der Waals surface area contributed by atoms with Crippen LogP contribution in [0.3, 0.4) is 0 Å². The number of allylic oxidation sites excluding steroid dienone is 1. The Morgan fingerprint density at radius 2 is 2.27 bits per heavy atom. The summed E-state index contributed by atoms with van der Waals surface area (Å²) in [7, 11) is -4.21. The monoisotopic (exact) mass is 241 g/mol. The molecule has 0 radical (unpaired) electrons. The van der Waals surface area contributed by atoms with Crippen molar-refractivity contribution in [1.29, 1.82) is 0 Å². The van der Waals surface area contributed by atoms with Crippen LogP contribution < -0.4 is 9.88 Å². The molecular formula is C9H7NO3S2. The third-order valence-electron chi connectivity index (χ3n) is 1.79. The Bertz CT molecular complexity index is 688. The van der Waals surface area contributed by atoms with Gasteiger partial charge in [0.05, 0.1) is 14.9 Å². The molecular weight excluding hydrogens is 234 g/mol. The van der Waals surface area contributed by atoms with Gasteiger partial charge >= 0.3 is 10.1 Å². The first-order valence-electron chi connectivity index (χ1n) is 4.06. The minimum atomic E-state index is -4.21. The van der Waals surface area contributed by atoms with E-state index in [9.17, 15) is 8.42 Å². The molecule has 4 nitrogen and oxygen atoms in total. The van der Waals surface area contributed by atoms with Crippen LogP contribution in [0, 0.1) is 6.92 Å². The zero-order chi connectivity index (χ0) is 11.1. The van der Waals surface area contributed by atoms with Crippen LogP contribution in [0.1, 0.15) is 5.01 Å². The number of aryl methyl sites for hydroxylation is 1. The van der Waals surface area contributed by atoms with E-state index in [0.29, 0.717) is 9.88 Å². The van der Waals surface area contributed by atoms with E-state index in [-0.39, 0.29) is 4.91 Å². The van der Waals surface area contributed by atoms with Gasteiger partial charge in [0.1, 0.15) is 4.91 Å². The van der Waals surface area contributed by atoms with Gasteiger partial charge in [-0.3, -0.25) is 4.55 Å². The van der Waals surface area contributed by atoms with E-state index in [0.717, 1.165) is 5.01 Å². The van der Waals surface area contributed by atoms with Crippen molar-refractivity contribution in [3.63, 3.8) is 0 Å². The molecule has 2 rings (SSSR count). The van der Waals surface area contributed by atoms with E-state index in [1.165, 1.54) is 23.5 Å². The highest BCUT2D eigenvalue weighted by atomic mass is 32.2. The molecule has 1 aliphatic rings. The Morgan fingerprint density at radius 1 is 1.53 bits per heavy atom. The summed E-state index contributed by atoms with van der Waals surface area (Å²) in [5, 5.41) is 1.54. The maximum atomic E-state index is 10.9. The van der Waals surface area contributed by atoms with Gasteiger partial charge in [-0.1, -0.05) is 5.73 Å². The SMILES string of the molecule is Cc1nc2c(s1)=CC(S(=O)(=O)O)=C=CC=2. The number of thiazole rings is 1. The molecule has 0 amide bonds. The fraction of sp³-hybridized carbons (Fsp3) is 0.111. The first kappa shape index (κ1) is 10.3. The highest BCUT2D eigenvalue weighted by Gasteiger charge is 2.11. The second kappa shape index (κ2) is 3.43. The van der Waals surface area contributed by atoms with E-state index < -0.39 is 10.1 Å². The van der Waals surface area contributed by atoms with Crippen molar-refractivity contribution in [3.05, 3.63) is 31.6 Å². The lowest BCUT2D eigenvalue weighted by atomic mass is 10.5. The molecule has 1 aliphatic carbocycles. The summed E-state index contributed by atoms with van der Waals surface area (Å²) in [5.74, 6) is 0. The predicted molar refractivity (Wildman–Crippen MR) is 58.2 cm³/mol. The van der Waals surface area contributed by atoms with E-state index in [4.69, 9.17) is 4.55 Å². The standard InChI is InChI=1S/C9H7NO3S2/c1-6-10-8-4-2-3-7(15(11,12)13)5-9(8)14-6/h2,4-5H,1H3,(H,11,12,13). The highest BCUT2D eigenvalue weighted by Crippen LogP contribution is 2.05. The van der Waals surface area contributed by atoms with Gasteiger partial charge in [-0.2, -0.15) is 8.42 Å². The minimum Gasteiger partial charge on any atom is -0.281 e. The average Bonchev–Trinajstić information content (AvgIpc) is 2.30. The van der Waals surface area contributed by atoms with Crippen LogP contribution in [0.25, 0.3) is 12.2 Å². The normalized spacial score (nSPS) is 14.7. The smallest absolute Gasteiger partial charge is 0.281 e. The Labute approximate surface area is 90.3 Å². The summed E-state index contributed by atoms with van der Waals surface area (Å²) < 4.78 is 31.5. The van der Waals surface area contributed by atoms with Crippen LogP contribution in [-0.2, 0) is 10.1 Å². The molecule has 15 heavy (non-hydrogen) atoms. The summed E-state index contributed by atoms with van der Waals surface area (Å²) in [5.41, 5.74) is 2.48. The van der Waals surface area contributed by atoms with Crippen molar-refractivity contribution in [3.8, 4) is 0 Å². The number of aromatic nitrogens is 1. The van der Waals surface area contributed by atoms with Crippen molar-refractivity contribution >= 4 is 33.6 Å². The molecule has 0 saturated heterocycles. The number of hydrogen-bond acceptors (Lipinski definition) is 4. The summed E-state index contributed by atoms with van der Waals surface area (Å²) in [6, 6.07) is 0. The molecule has 0 atom stereocenters. The second-order valence-electron chi connectivity index (χ2n) is 2.94. The number of fused-ring (bicyclic) bond motifs is 1. The second-order valence-corrected chi connectivity index (χ2v) is 5.57. The Morgan fingerprint density at radius 3 is 2.93 bits per heavy atom. The lowest BCUT2D eigenvalue weighted by molar-refractivity contribution is 0.493. The molecule has 1 aromatic rings. The fourth-order valence-corrected chi connectivity index (χ4v) is 2.61. The van der Waals surface area contributed by atoms with Crippen LogP contribution in [0.5, 0.6) is 0 Å². The zero-order valence-electron chi connectivity index (χ0n) is 7.76. The van der Waals surface area contributed by atoms with Crippen LogP contribution in [-0.4, -0.2) is 18.0 Å². The molecule has 0 aromatic carbocycles. The molecule has 0 saturated carbocycles. The van der Waals surface area contributed by atoms with Gasteiger partial charge in [-0.05, 0) is 25.2 Å². The maximum absolute atomic E-state index is 10.9. The van der Waals surface area contributed by atoms with Crippen LogP contribution >= 0.6 is 11.3 Å². The lowest BCUT2D eigenvalue weighted by Crippen LogP contribution is -2.20. The third-order valence-corrected chi connectivity index (χ3v) is 3.52. The topological polar surface area (TPSA) is 67.3 Å². The lowest BCUT2D eigenvalue weighted by Gasteiger charge is -1.90. The molecule has 1 N–H and O–H groups in total. The summed E-state index contributed by atoms with van der Waals surface area (Å²) in [4.78, 5) is 3.96. The van der Waals surface area contributed by atoms with E-state index in [2.05, 4.69) is 10.7 Å². The van der Waals surface area contributed by atoms with Gasteiger partial charge in [0.25, 0.3) is 0 Å². The quantitative estimate of drug-likeness (QED) is 0.553. The van der Waals surface area contributed by atoms with E-state index in [1.807, 2.05) is 6.92 Å². The van der Waals surface area contributed by atoms with Crippen LogP contribution in [0.15, 0.2) is 16.7 Å². The van der Waals surface area contributed by atoms with Gasteiger partial charge in [0.2, 0.25) is 0 Å². The van der Waals surface area contributed by atoms with Crippen molar-refractivity contribution < 1.29 is 13.0 Å². The van der Waals surface area contributed by atoms with Gasteiger partial charge in [0, 0.05) is 0 Å². The molecule has 0 unspecified atom stereocenters.